The number of fused-ring (bicyclic) bond motifs is 9. The van der Waals surface area contributed by atoms with Crippen LogP contribution in [0.15, 0.2) is 48.8 Å². The second kappa shape index (κ2) is 10.3. The summed E-state index contributed by atoms with van der Waals surface area (Å²) in [6.45, 7) is 8.95. The Morgan fingerprint density at radius 1 is 1.20 bits per heavy atom. The van der Waals surface area contributed by atoms with E-state index in [0.717, 1.165) is 28.0 Å². The molecule has 1 saturated carbocycles. The lowest BCUT2D eigenvalue weighted by atomic mass is 9.59. The van der Waals surface area contributed by atoms with Gasteiger partial charge in [-0.25, -0.2) is 19.3 Å². The van der Waals surface area contributed by atoms with Crippen LogP contribution in [0.2, 0.25) is 0 Å². The van der Waals surface area contributed by atoms with Gasteiger partial charge in [-0.3, -0.25) is 4.79 Å². The van der Waals surface area contributed by atoms with Crippen LogP contribution in [0.3, 0.4) is 0 Å². The number of rotatable bonds is 6. The van der Waals surface area contributed by atoms with Crippen molar-refractivity contribution in [1.29, 1.82) is 5.26 Å². The monoisotopic (exact) mass is 626 g/mol. The average molecular weight is 627 g/mol. The van der Waals surface area contributed by atoms with E-state index in [1.165, 1.54) is 6.92 Å². The van der Waals surface area contributed by atoms with E-state index < -0.39 is 33.4 Å². The molecule has 7 rings (SSSR count). The first kappa shape index (κ1) is 29.8. The molecule has 11 heteroatoms. The fourth-order valence-electron chi connectivity index (χ4n) is 7.24. The summed E-state index contributed by atoms with van der Waals surface area (Å²) >= 11 is -1.37. The van der Waals surface area contributed by atoms with Crippen molar-refractivity contribution in [2.24, 2.45) is 5.41 Å². The van der Waals surface area contributed by atoms with Gasteiger partial charge in [0.2, 0.25) is 6.36 Å². The number of alkyl halides is 1. The molecule has 0 amide bonds. The summed E-state index contributed by atoms with van der Waals surface area (Å²) in [5, 5.41) is 9.70. The van der Waals surface area contributed by atoms with E-state index in [0.29, 0.717) is 48.4 Å². The lowest BCUT2D eigenvalue weighted by Gasteiger charge is -2.50. The van der Waals surface area contributed by atoms with Gasteiger partial charge in [-0.15, -0.1) is 4.72 Å². The topological polar surface area (TPSA) is 129 Å². The van der Waals surface area contributed by atoms with E-state index >= 15 is 0 Å². The van der Waals surface area contributed by atoms with Gasteiger partial charge in [0.1, 0.15) is 21.9 Å². The summed E-state index contributed by atoms with van der Waals surface area (Å²) in [4.78, 5) is 27.7. The Morgan fingerprint density at radius 3 is 2.60 bits per heavy atom. The van der Waals surface area contributed by atoms with Crippen LogP contribution in [0.1, 0.15) is 99.8 Å². The Kier molecular flexibility index (Phi) is 6.86. The average Bonchev–Trinajstić information content (AvgIpc) is 3.47. The van der Waals surface area contributed by atoms with E-state index in [9.17, 15) is 19.0 Å². The van der Waals surface area contributed by atoms with Crippen LogP contribution in [0.4, 0.5) is 4.39 Å². The molecule has 0 spiro atoms. The van der Waals surface area contributed by atoms with E-state index in [2.05, 4.69) is 21.4 Å². The number of nitrogens with zero attached hydrogens (tertiary/aromatic N) is 5. The van der Waals surface area contributed by atoms with Crippen molar-refractivity contribution in [3.63, 3.8) is 0 Å². The molecule has 0 saturated heterocycles. The number of ether oxygens (including phenoxy) is 1. The van der Waals surface area contributed by atoms with Crippen LogP contribution >= 0.6 is 0 Å². The first-order chi connectivity index (χ1) is 21.3. The second-order valence-electron chi connectivity index (χ2n) is 13.9. The van der Waals surface area contributed by atoms with Crippen LogP contribution in [-0.4, -0.2) is 41.0 Å². The Balaban J connectivity index is 1.26. The lowest BCUT2D eigenvalue weighted by molar-refractivity contribution is 0.0725. The summed E-state index contributed by atoms with van der Waals surface area (Å²) in [5.74, 6) is 1.73. The van der Waals surface area contributed by atoms with Crippen molar-refractivity contribution < 1.29 is 18.5 Å². The maximum absolute atomic E-state index is 14.1. The largest absolute Gasteiger partial charge is 0.598 e. The van der Waals surface area contributed by atoms with E-state index in [-0.39, 0.29) is 17.7 Å². The predicted octanol–water partition coefficient (Wildman–Crippen LogP) is 6.42. The third kappa shape index (κ3) is 4.90. The minimum absolute atomic E-state index is 0.0193. The van der Waals surface area contributed by atoms with Crippen molar-refractivity contribution in [2.45, 2.75) is 88.9 Å². The van der Waals surface area contributed by atoms with Gasteiger partial charge < -0.3 is 13.9 Å². The maximum Gasteiger partial charge on any atom is 0.235 e. The van der Waals surface area contributed by atoms with Crippen LogP contribution in [0.5, 0.6) is 5.75 Å². The molecule has 2 aromatic heterocycles. The zero-order valence-electron chi connectivity index (χ0n) is 25.9. The highest BCUT2D eigenvalue weighted by Gasteiger charge is 2.58. The van der Waals surface area contributed by atoms with Crippen LogP contribution < -0.4 is 9.46 Å². The van der Waals surface area contributed by atoms with Crippen molar-refractivity contribution in [3.05, 3.63) is 71.6 Å². The molecule has 232 valence electrons. The molecular formula is C34H35FN6O3S. The van der Waals surface area contributed by atoms with E-state index in [1.807, 2.05) is 39.8 Å². The second-order valence-corrected chi connectivity index (χ2v) is 15.9. The molecule has 4 atom stereocenters. The third-order valence-corrected chi connectivity index (χ3v) is 10.9. The van der Waals surface area contributed by atoms with Crippen molar-refractivity contribution in [3.8, 4) is 22.9 Å². The number of carbonyl (C=O) groups excluding carboxylic acids is 1. The maximum atomic E-state index is 14.1. The van der Waals surface area contributed by atoms with E-state index in [4.69, 9.17) is 19.7 Å². The van der Waals surface area contributed by atoms with Crippen LogP contribution in [0, 0.1) is 16.7 Å². The zero-order chi connectivity index (χ0) is 31.9. The zero-order valence-corrected chi connectivity index (χ0v) is 26.7. The standard InChI is InChI=1S/C34H35FN6O3S/c1-19(35)44-28-8-6-7-23-27(42)13-21-12-26(29(23)28)41-25-11-20(9-10-24(25)39-30(21)41)22-14-37-31(38-15-22)34(16-33(5,17-34)18-36)40-45(43)32(2,3)4/h6-11,14-15,19,21,26,40H,12-13,16-17H2,1-5H3/t19?,21-,26+,33?,34?,45?/m0/s1. The molecule has 1 aliphatic heterocycles. The van der Waals surface area contributed by atoms with Gasteiger partial charge in [-0.2, -0.15) is 5.26 Å². The molecule has 2 aliphatic carbocycles. The van der Waals surface area contributed by atoms with Gasteiger partial charge in [0.25, 0.3) is 0 Å². The number of imidazole rings is 1. The number of halogens is 1. The van der Waals surface area contributed by atoms with Gasteiger partial charge in [0.15, 0.2) is 11.6 Å². The first-order valence-corrected chi connectivity index (χ1v) is 16.4. The van der Waals surface area contributed by atoms with Crippen molar-refractivity contribution in [1.82, 2.24) is 24.2 Å². The molecule has 3 aliphatic rings. The van der Waals surface area contributed by atoms with Gasteiger partial charge >= 0.3 is 0 Å². The summed E-state index contributed by atoms with van der Waals surface area (Å²) in [7, 11) is 0. The highest BCUT2D eigenvalue weighted by Crippen LogP contribution is 2.54. The number of carbonyl (C=O) groups is 1. The summed E-state index contributed by atoms with van der Waals surface area (Å²) < 4.78 is 37.7. The minimum atomic E-state index is -1.52. The van der Waals surface area contributed by atoms with Gasteiger partial charge in [0, 0.05) is 59.7 Å². The molecule has 1 fully saturated rings. The van der Waals surface area contributed by atoms with Crippen molar-refractivity contribution in [2.75, 3.05) is 0 Å². The van der Waals surface area contributed by atoms with Crippen LogP contribution in [0.25, 0.3) is 22.2 Å². The number of nitrogens with one attached hydrogen (secondary N) is 1. The smallest absolute Gasteiger partial charge is 0.235 e. The molecule has 2 bridgehead atoms. The Bertz CT molecular complexity index is 1870. The van der Waals surface area contributed by atoms with Crippen molar-refractivity contribution >= 4 is 28.2 Å². The highest BCUT2D eigenvalue weighted by molar-refractivity contribution is 7.90. The lowest BCUT2D eigenvalue weighted by Crippen LogP contribution is -2.61. The molecule has 1 N–H and O–H groups in total. The molecule has 4 aromatic rings. The summed E-state index contributed by atoms with van der Waals surface area (Å²) in [6, 6.07) is 13.4. The number of ketones is 1. The summed E-state index contributed by atoms with van der Waals surface area (Å²) in [6.07, 6.45) is 3.97. The molecule has 2 unspecified atom stereocenters. The molecule has 9 nitrogen and oxygen atoms in total. The molecule has 0 radical (unpaired) electrons. The minimum Gasteiger partial charge on any atom is -0.598 e. The highest BCUT2D eigenvalue weighted by atomic mass is 32.2. The number of Topliss-reactive ketones (excluding diaryl/α,β-unsaturated/α-hetero) is 1. The van der Waals surface area contributed by atoms with E-state index in [1.54, 1.807) is 30.6 Å². The Hall–Kier alpha value is -3.85. The normalized spacial score (nSPS) is 26.8. The Labute approximate surface area is 264 Å². The summed E-state index contributed by atoms with van der Waals surface area (Å²) in [5.41, 5.74) is 3.40. The molecule has 3 heterocycles. The van der Waals surface area contributed by atoms with Crippen LogP contribution in [-0.2, 0) is 16.9 Å². The number of hydrogen-bond acceptors (Lipinski definition) is 8. The fraction of sp³-hybridized carbons (Fsp3) is 0.441. The predicted molar refractivity (Wildman–Crippen MR) is 169 cm³/mol. The molecule has 2 aromatic carbocycles. The number of benzene rings is 2. The van der Waals surface area contributed by atoms with Gasteiger partial charge in [-0.05, 0) is 70.7 Å². The number of nitriles is 1. The third-order valence-electron chi connectivity index (χ3n) is 9.23. The number of aromatic nitrogens is 4. The first-order valence-electron chi connectivity index (χ1n) is 15.2. The van der Waals surface area contributed by atoms with Gasteiger partial charge in [0.05, 0.1) is 28.6 Å². The molecule has 45 heavy (non-hydrogen) atoms. The Morgan fingerprint density at radius 2 is 1.93 bits per heavy atom. The van der Waals surface area contributed by atoms with Gasteiger partial charge in [-0.1, -0.05) is 18.2 Å². The fourth-order valence-corrected chi connectivity index (χ4v) is 8.14. The quantitative estimate of drug-likeness (QED) is 0.243. The SMILES string of the molecule is CC(F)Oc1cccc2c1[C@H]1C[C@@H](CC2=O)c2nc3ccc(-c4cnc(C5(N[S+]([O-])C(C)(C)C)CC(C)(C#N)C5)nc4)cc3n21. The number of hydrogen-bond donors (Lipinski definition) is 1. The molecular weight excluding hydrogens is 591 g/mol.